The van der Waals surface area contributed by atoms with E-state index in [4.69, 9.17) is 4.74 Å². The second-order valence-electron chi connectivity index (χ2n) is 2.90. The first-order valence-corrected chi connectivity index (χ1v) is 5.73. The summed E-state index contributed by atoms with van der Waals surface area (Å²) in [5, 5.41) is 0. The van der Waals surface area contributed by atoms with Crippen LogP contribution in [0.5, 0.6) is 0 Å². The molecule has 15 heavy (non-hydrogen) atoms. The normalized spacial score (nSPS) is 10.5. The Morgan fingerprint density at radius 2 is 2.40 bits per heavy atom. The molecule has 0 unspecified atom stereocenters. The number of rotatable bonds is 2. The first-order chi connectivity index (χ1) is 7.20. The fraction of sp³-hybridized carbons (Fsp3) is 0.200. The van der Waals surface area contributed by atoms with Crippen molar-refractivity contribution in [3.8, 4) is 0 Å². The van der Waals surface area contributed by atoms with Gasteiger partial charge in [-0.05, 0) is 25.1 Å². The standard InChI is InChI=1S/C10H9NO2S2/c1-2-13-9(12)6-3-4-8-7(5-6)11-10(14)15-8/h3-5H,2H2,1H3,(H,11,14). The van der Waals surface area contributed by atoms with E-state index in [1.165, 1.54) is 11.3 Å². The number of hydrogen-bond acceptors (Lipinski definition) is 5. The van der Waals surface area contributed by atoms with E-state index in [9.17, 15) is 4.79 Å². The maximum absolute atomic E-state index is 11.4. The van der Waals surface area contributed by atoms with Crippen molar-refractivity contribution in [2.45, 2.75) is 11.3 Å². The quantitative estimate of drug-likeness (QED) is 0.647. The minimum absolute atomic E-state index is 0.312. The largest absolute Gasteiger partial charge is 0.462 e. The summed E-state index contributed by atoms with van der Waals surface area (Å²) in [6.45, 7) is 2.16. The molecule has 0 N–H and O–H groups in total. The van der Waals surface area contributed by atoms with E-state index in [2.05, 4.69) is 17.6 Å². The maximum atomic E-state index is 11.4. The Hall–Kier alpha value is -1.07. The van der Waals surface area contributed by atoms with Crippen molar-refractivity contribution >= 4 is 40.2 Å². The zero-order valence-corrected chi connectivity index (χ0v) is 9.77. The summed E-state index contributed by atoms with van der Waals surface area (Å²) < 4.78 is 6.62. The number of ether oxygens (including phenoxy) is 1. The lowest BCUT2D eigenvalue weighted by molar-refractivity contribution is 0.0526. The number of carbonyl (C=O) groups excluding carboxylic acids is 1. The molecule has 0 radical (unpaired) electrons. The zero-order chi connectivity index (χ0) is 10.8. The summed E-state index contributed by atoms with van der Waals surface area (Å²) in [5.74, 6) is -0.312. The summed E-state index contributed by atoms with van der Waals surface area (Å²) in [6.07, 6.45) is 0. The van der Waals surface area contributed by atoms with Crippen LogP contribution in [0, 0.1) is 0 Å². The van der Waals surface area contributed by atoms with Crippen molar-refractivity contribution in [1.82, 2.24) is 4.98 Å². The van der Waals surface area contributed by atoms with Gasteiger partial charge in [-0.25, -0.2) is 9.78 Å². The Bertz CT molecular complexity index is 507. The van der Waals surface area contributed by atoms with Crippen LogP contribution in [0.15, 0.2) is 22.5 Å². The van der Waals surface area contributed by atoms with Gasteiger partial charge in [0.1, 0.15) is 4.34 Å². The van der Waals surface area contributed by atoms with Crippen LogP contribution in [-0.2, 0) is 4.74 Å². The lowest BCUT2D eigenvalue weighted by Crippen LogP contribution is -2.03. The van der Waals surface area contributed by atoms with E-state index in [0.29, 0.717) is 16.5 Å². The monoisotopic (exact) mass is 239 g/mol. The molecule has 5 heteroatoms. The topological polar surface area (TPSA) is 39.2 Å². The molecule has 2 rings (SSSR count). The Morgan fingerprint density at radius 3 is 3.13 bits per heavy atom. The SMILES string of the molecule is CCOC(=O)c1ccc2sc(S)nc2c1. The van der Waals surface area contributed by atoms with Gasteiger partial charge >= 0.3 is 5.97 Å². The molecular formula is C10H9NO2S2. The number of thiol groups is 1. The second-order valence-corrected chi connectivity index (χ2v) is 4.66. The molecule has 0 aliphatic heterocycles. The van der Waals surface area contributed by atoms with Crippen molar-refractivity contribution in [2.24, 2.45) is 0 Å². The molecule has 1 aromatic heterocycles. The molecule has 1 aromatic carbocycles. The molecule has 1 heterocycles. The molecule has 0 saturated heterocycles. The van der Waals surface area contributed by atoms with Crippen LogP contribution >= 0.6 is 24.0 Å². The maximum Gasteiger partial charge on any atom is 0.338 e. The third kappa shape index (κ3) is 2.13. The highest BCUT2D eigenvalue weighted by Crippen LogP contribution is 2.25. The Kier molecular flexibility index (Phi) is 2.93. The molecule has 0 saturated carbocycles. The highest BCUT2D eigenvalue weighted by molar-refractivity contribution is 7.82. The minimum atomic E-state index is -0.312. The molecule has 0 spiro atoms. The van der Waals surface area contributed by atoms with Gasteiger partial charge in [-0.1, -0.05) is 0 Å². The first-order valence-electron chi connectivity index (χ1n) is 4.47. The van der Waals surface area contributed by atoms with Gasteiger partial charge in [0.05, 0.1) is 22.4 Å². The van der Waals surface area contributed by atoms with E-state index in [1.54, 1.807) is 19.1 Å². The van der Waals surface area contributed by atoms with Gasteiger partial charge < -0.3 is 4.74 Å². The van der Waals surface area contributed by atoms with Crippen LogP contribution < -0.4 is 0 Å². The highest BCUT2D eigenvalue weighted by atomic mass is 32.2. The molecule has 0 fully saturated rings. The first kappa shape index (κ1) is 10.4. The molecule has 0 aliphatic carbocycles. The van der Waals surface area contributed by atoms with E-state index in [0.717, 1.165) is 10.2 Å². The van der Waals surface area contributed by atoms with Crippen LogP contribution in [0.2, 0.25) is 0 Å². The van der Waals surface area contributed by atoms with E-state index in [1.807, 2.05) is 6.07 Å². The van der Waals surface area contributed by atoms with E-state index < -0.39 is 0 Å². The number of carbonyl (C=O) groups is 1. The lowest BCUT2D eigenvalue weighted by Gasteiger charge is -2.00. The van der Waals surface area contributed by atoms with Crippen molar-refractivity contribution < 1.29 is 9.53 Å². The third-order valence-electron chi connectivity index (χ3n) is 1.89. The Morgan fingerprint density at radius 1 is 1.60 bits per heavy atom. The number of nitrogens with zero attached hydrogens (tertiary/aromatic N) is 1. The number of benzene rings is 1. The molecule has 0 aliphatic rings. The number of thiazole rings is 1. The predicted molar refractivity (Wildman–Crippen MR) is 62.8 cm³/mol. The molecule has 0 amide bonds. The summed E-state index contributed by atoms with van der Waals surface area (Å²) >= 11 is 5.65. The fourth-order valence-corrected chi connectivity index (χ4v) is 2.35. The summed E-state index contributed by atoms with van der Waals surface area (Å²) in [5.41, 5.74) is 1.32. The van der Waals surface area contributed by atoms with Crippen molar-refractivity contribution in [2.75, 3.05) is 6.61 Å². The smallest absolute Gasteiger partial charge is 0.338 e. The fourth-order valence-electron chi connectivity index (χ4n) is 1.26. The van der Waals surface area contributed by atoms with Gasteiger partial charge in [0.2, 0.25) is 0 Å². The summed E-state index contributed by atoms with van der Waals surface area (Å²) in [7, 11) is 0. The number of hydrogen-bond donors (Lipinski definition) is 1. The zero-order valence-electron chi connectivity index (χ0n) is 8.06. The molecule has 2 aromatic rings. The lowest BCUT2D eigenvalue weighted by atomic mass is 10.2. The van der Waals surface area contributed by atoms with Gasteiger partial charge in [0.15, 0.2) is 0 Å². The van der Waals surface area contributed by atoms with E-state index >= 15 is 0 Å². The predicted octanol–water partition coefficient (Wildman–Crippen LogP) is 2.76. The van der Waals surface area contributed by atoms with Crippen molar-refractivity contribution in [3.05, 3.63) is 23.8 Å². The molecule has 0 atom stereocenters. The number of esters is 1. The second kappa shape index (κ2) is 4.20. The average Bonchev–Trinajstić information content (AvgIpc) is 2.57. The van der Waals surface area contributed by atoms with Gasteiger partial charge in [0, 0.05) is 0 Å². The van der Waals surface area contributed by atoms with Crippen molar-refractivity contribution in [1.29, 1.82) is 0 Å². The van der Waals surface area contributed by atoms with Crippen LogP contribution in [0.1, 0.15) is 17.3 Å². The van der Waals surface area contributed by atoms with Crippen molar-refractivity contribution in [3.63, 3.8) is 0 Å². The average molecular weight is 239 g/mol. The molecule has 0 bridgehead atoms. The Balaban J connectivity index is 2.41. The van der Waals surface area contributed by atoms with Gasteiger partial charge in [-0.2, -0.15) is 0 Å². The highest BCUT2D eigenvalue weighted by Gasteiger charge is 2.08. The molecular weight excluding hydrogens is 230 g/mol. The number of aromatic nitrogens is 1. The minimum Gasteiger partial charge on any atom is -0.462 e. The van der Waals surface area contributed by atoms with Gasteiger partial charge in [-0.3, -0.25) is 0 Å². The van der Waals surface area contributed by atoms with Crippen LogP contribution in [0.4, 0.5) is 0 Å². The molecule has 3 nitrogen and oxygen atoms in total. The van der Waals surface area contributed by atoms with Crippen LogP contribution in [0.25, 0.3) is 10.2 Å². The van der Waals surface area contributed by atoms with Gasteiger partial charge in [-0.15, -0.1) is 24.0 Å². The third-order valence-corrected chi connectivity index (χ3v) is 3.10. The van der Waals surface area contributed by atoms with Crippen LogP contribution in [0.3, 0.4) is 0 Å². The molecule has 78 valence electrons. The van der Waals surface area contributed by atoms with Crippen LogP contribution in [-0.4, -0.2) is 17.6 Å². The summed E-state index contributed by atoms with van der Waals surface area (Å²) in [4.78, 5) is 15.6. The summed E-state index contributed by atoms with van der Waals surface area (Å²) in [6, 6.07) is 5.33. The number of fused-ring (bicyclic) bond motifs is 1. The van der Waals surface area contributed by atoms with Gasteiger partial charge in [0.25, 0.3) is 0 Å². The Labute approximate surface area is 96.5 Å². The van der Waals surface area contributed by atoms with E-state index in [-0.39, 0.29) is 5.97 Å².